The second-order valence-electron chi connectivity index (χ2n) is 6.08. The summed E-state index contributed by atoms with van der Waals surface area (Å²) in [5.41, 5.74) is 0.258. The number of aromatic hydroxyl groups is 1. The molecular formula is C17H20N2O5S2. The van der Waals surface area contributed by atoms with Crippen molar-refractivity contribution in [3.63, 3.8) is 0 Å². The van der Waals surface area contributed by atoms with E-state index in [1.165, 1.54) is 24.3 Å². The van der Waals surface area contributed by atoms with E-state index in [0.717, 1.165) is 24.2 Å². The highest BCUT2D eigenvalue weighted by atomic mass is 32.2. The van der Waals surface area contributed by atoms with Gasteiger partial charge in [-0.3, -0.25) is 9.52 Å². The lowest BCUT2D eigenvalue weighted by atomic mass is 10.1. The van der Waals surface area contributed by atoms with Gasteiger partial charge in [-0.05, 0) is 43.3 Å². The number of carbonyl (C=O) groups is 1. The predicted octanol–water partition coefficient (Wildman–Crippen LogP) is 2.55. The molecule has 3 N–H and O–H groups in total. The number of phenols is 1. The van der Waals surface area contributed by atoms with Gasteiger partial charge in [0.05, 0.1) is 23.4 Å². The molecule has 2 aromatic rings. The molecule has 1 saturated heterocycles. The first-order chi connectivity index (χ1) is 12.4. The van der Waals surface area contributed by atoms with Crippen LogP contribution < -0.4 is 10.0 Å². The zero-order valence-electron chi connectivity index (χ0n) is 14.1. The van der Waals surface area contributed by atoms with Crippen LogP contribution >= 0.6 is 11.3 Å². The standard InChI is InChI=1S/C17H20N2O5S2/c1-11(15-4-2-8-24-15)18-17(21)13-7-6-12(10-14(13)20)19-26(22,23)16-5-3-9-25-16/h3,5-7,9-11,15,19-20H,2,4,8H2,1H3,(H,18,21)/t11-,15-/m1/s1. The van der Waals surface area contributed by atoms with Crippen molar-refractivity contribution in [2.24, 2.45) is 0 Å². The Morgan fingerprint density at radius 2 is 2.19 bits per heavy atom. The van der Waals surface area contributed by atoms with E-state index in [-0.39, 0.29) is 33.4 Å². The summed E-state index contributed by atoms with van der Waals surface area (Å²) >= 11 is 1.09. The number of amides is 1. The first kappa shape index (κ1) is 18.7. The number of hydrogen-bond acceptors (Lipinski definition) is 6. The number of hydrogen-bond donors (Lipinski definition) is 3. The average molecular weight is 396 g/mol. The van der Waals surface area contributed by atoms with Crippen LogP contribution in [0.3, 0.4) is 0 Å². The Morgan fingerprint density at radius 3 is 2.81 bits per heavy atom. The molecule has 7 nitrogen and oxygen atoms in total. The number of sulfonamides is 1. The summed E-state index contributed by atoms with van der Waals surface area (Å²) < 4.78 is 32.5. The van der Waals surface area contributed by atoms with Crippen LogP contribution in [0.2, 0.25) is 0 Å². The lowest BCUT2D eigenvalue weighted by Crippen LogP contribution is -2.40. The van der Waals surface area contributed by atoms with Crippen molar-refractivity contribution in [1.82, 2.24) is 5.32 Å². The first-order valence-corrected chi connectivity index (χ1v) is 10.5. The zero-order chi connectivity index (χ0) is 18.7. The van der Waals surface area contributed by atoms with Crippen molar-refractivity contribution in [1.29, 1.82) is 0 Å². The number of thiophene rings is 1. The molecule has 1 aliphatic heterocycles. The number of rotatable bonds is 6. The molecule has 0 aliphatic carbocycles. The Morgan fingerprint density at radius 1 is 1.38 bits per heavy atom. The Labute approximate surface area is 156 Å². The smallest absolute Gasteiger partial charge is 0.271 e. The van der Waals surface area contributed by atoms with Gasteiger partial charge in [0.15, 0.2) is 0 Å². The van der Waals surface area contributed by atoms with E-state index in [2.05, 4.69) is 10.0 Å². The van der Waals surface area contributed by atoms with Crippen LogP contribution in [0, 0.1) is 0 Å². The van der Waals surface area contributed by atoms with Crippen LogP contribution in [-0.4, -0.2) is 38.2 Å². The number of nitrogens with one attached hydrogen (secondary N) is 2. The van der Waals surface area contributed by atoms with Crippen molar-refractivity contribution >= 4 is 33.0 Å². The van der Waals surface area contributed by atoms with E-state index in [0.29, 0.717) is 6.61 Å². The fraction of sp³-hybridized carbons (Fsp3) is 0.353. The summed E-state index contributed by atoms with van der Waals surface area (Å²) in [6, 6.07) is 6.99. The summed E-state index contributed by atoms with van der Waals surface area (Å²) in [5, 5.41) is 14.6. The van der Waals surface area contributed by atoms with E-state index in [1.807, 2.05) is 6.92 Å². The Balaban J connectivity index is 1.70. The van der Waals surface area contributed by atoms with Crippen molar-refractivity contribution in [3.8, 4) is 5.75 Å². The SMILES string of the molecule is C[C@@H](NC(=O)c1ccc(NS(=O)(=O)c2cccs2)cc1O)[C@H]1CCCO1. The third kappa shape index (κ3) is 4.17. The van der Waals surface area contributed by atoms with Crippen LogP contribution in [-0.2, 0) is 14.8 Å². The minimum absolute atomic E-state index is 0.0297. The van der Waals surface area contributed by atoms with Gasteiger partial charge in [-0.15, -0.1) is 11.3 Å². The quantitative estimate of drug-likeness (QED) is 0.696. The van der Waals surface area contributed by atoms with Gasteiger partial charge in [0.1, 0.15) is 9.96 Å². The van der Waals surface area contributed by atoms with Crippen molar-refractivity contribution in [2.75, 3.05) is 11.3 Å². The molecule has 26 heavy (non-hydrogen) atoms. The molecule has 0 spiro atoms. The maximum Gasteiger partial charge on any atom is 0.271 e. The lowest BCUT2D eigenvalue weighted by molar-refractivity contribution is 0.0711. The average Bonchev–Trinajstić information content (AvgIpc) is 3.28. The number of anilines is 1. The summed E-state index contributed by atoms with van der Waals surface area (Å²) in [6.07, 6.45) is 1.82. The zero-order valence-corrected chi connectivity index (χ0v) is 15.8. The minimum atomic E-state index is -3.71. The van der Waals surface area contributed by atoms with Crippen LogP contribution in [0.15, 0.2) is 39.9 Å². The summed E-state index contributed by atoms with van der Waals surface area (Å²) in [7, 11) is -3.71. The van der Waals surface area contributed by atoms with Gasteiger partial charge >= 0.3 is 0 Å². The van der Waals surface area contributed by atoms with Crippen LogP contribution in [0.4, 0.5) is 5.69 Å². The van der Waals surface area contributed by atoms with Gasteiger partial charge in [0.2, 0.25) is 0 Å². The Bertz CT molecular complexity index is 875. The van der Waals surface area contributed by atoms with Gasteiger partial charge in [0, 0.05) is 12.7 Å². The van der Waals surface area contributed by atoms with Crippen LogP contribution in [0.5, 0.6) is 5.75 Å². The van der Waals surface area contributed by atoms with Crippen LogP contribution in [0.1, 0.15) is 30.1 Å². The van der Waals surface area contributed by atoms with Gasteiger partial charge < -0.3 is 15.2 Å². The van der Waals surface area contributed by atoms with E-state index in [4.69, 9.17) is 4.74 Å². The molecule has 0 radical (unpaired) electrons. The third-order valence-corrected chi connectivity index (χ3v) is 6.91. The van der Waals surface area contributed by atoms with Gasteiger partial charge in [-0.25, -0.2) is 8.42 Å². The molecule has 1 aliphatic rings. The molecule has 0 bridgehead atoms. The molecule has 3 rings (SSSR count). The third-order valence-electron chi connectivity index (χ3n) is 4.14. The van der Waals surface area contributed by atoms with Gasteiger partial charge in [-0.1, -0.05) is 6.07 Å². The highest BCUT2D eigenvalue weighted by molar-refractivity contribution is 7.94. The molecule has 2 atom stereocenters. The molecule has 1 fully saturated rings. The largest absolute Gasteiger partial charge is 0.507 e. The minimum Gasteiger partial charge on any atom is -0.507 e. The highest BCUT2D eigenvalue weighted by Gasteiger charge is 2.25. The molecule has 9 heteroatoms. The van der Waals surface area contributed by atoms with Crippen LogP contribution in [0.25, 0.3) is 0 Å². The number of ether oxygens (including phenoxy) is 1. The van der Waals surface area contributed by atoms with E-state index < -0.39 is 15.9 Å². The molecule has 2 heterocycles. The van der Waals surface area contributed by atoms with E-state index in [1.54, 1.807) is 11.4 Å². The molecule has 1 amide bonds. The lowest BCUT2D eigenvalue weighted by Gasteiger charge is -2.20. The van der Waals surface area contributed by atoms with Gasteiger partial charge in [0.25, 0.3) is 15.9 Å². The molecule has 140 valence electrons. The molecular weight excluding hydrogens is 376 g/mol. The Kier molecular flexibility index (Phi) is 5.49. The second-order valence-corrected chi connectivity index (χ2v) is 8.94. The van der Waals surface area contributed by atoms with Crippen molar-refractivity contribution in [3.05, 3.63) is 41.3 Å². The fourth-order valence-electron chi connectivity index (χ4n) is 2.78. The fourth-order valence-corrected chi connectivity index (χ4v) is 4.83. The highest BCUT2D eigenvalue weighted by Crippen LogP contribution is 2.26. The van der Waals surface area contributed by atoms with Crippen molar-refractivity contribution < 1.29 is 23.1 Å². The molecule has 1 aromatic heterocycles. The molecule has 0 saturated carbocycles. The maximum atomic E-state index is 12.4. The molecule has 1 aromatic carbocycles. The Hall–Kier alpha value is -2.10. The summed E-state index contributed by atoms with van der Waals surface area (Å²) in [6.45, 7) is 2.55. The summed E-state index contributed by atoms with van der Waals surface area (Å²) in [5.74, 6) is -0.730. The second kappa shape index (κ2) is 7.65. The first-order valence-electron chi connectivity index (χ1n) is 8.18. The number of benzene rings is 1. The van der Waals surface area contributed by atoms with Crippen molar-refractivity contribution in [2.45, 2.75) is 36.1 Å². The topological polar surface area (TPSA) is 105 Å². The maximum absolute atomic E-state index is 12.4. The van der Waals surface area contributed by atoms with E-state index >= 15 is 0 Å². The van der Waals surface area contributed by atoms with Gasteiger partial charge in [-0.2, -0.15) is 0 Å². The molecule has 0 unspecified atom stereocenters. The van der Waals surface area contributed by atoms with E-state index in [9.17, 15) is 18.3 Å². The summed E-state index contributed by atoms with van der Waals surface area (Å²) in [4.78, 5) is 12.4. The predicted molar refractivity (Wildman–Crippen MR) is 99.1 cm³/mol. The monoisotopic (exact) mass is 396 g/mol. The number of carbonyl (C=O) groups excluding carboxylic acids is 1. The normalized spacial score (nSPS) is 18.4. The number of phenolic OH excluding ortho intramolecular Hbond substituents is 1.